The molecule has 0 radical (unpaired) electrons. The van der Waals surface area contributed by atoms with E-state index in [4.69, 9.17) is 0 Å². The summed E-state index contributed by atoms with van der Waals surface area (Å²) in [6.45, 7) is 0.668. The molecule has 0 atom stereocenters. The molecule has 8 nitrogen and oxygen atoms in total. The Balaban J connectivity index is 1.21. The van der Waals surface area contributed by atoms with Crippen LogP contribution in [0.1, 0.15) is 21.5 Å². The molecule has 0 bridgehead atoms. The predicted molar refractivity (Wildman–Crippen MR) is 138 cm³/mol. The summed E-state index contributed by atoms with van der Waals surface area (Å²) in [7, 11) is 0. The number of carbonyl (C=O) groups excluding carboxylic acids is 2. The lowest BCUT2D eigenvalue weighted by Crippen LogP contribution is -2.14. The summed E-state index contributed by atoms with van der Waals surface area (Å²) in [5.74, 6) is -0.343. The zero-order valence-electron chi connectivity index (χ0n) is 19.4. The van der Waals surface area contributed by atoms with Gasteiger partial charge < -0.3 is 10.6 Å². The molecule has 0 aliphatic rings. The topological polar surface area (TPSA) is 93.8 Å². The smallest absolute Gasteiger partial charge is 0.255 e. The van der Waals surface area contributed by atoms with Crippen molar-refractivity contribution in [3.63, 3.8) is 0 Å². The predicted octanol–water partition coefficient (Wildman–Crippen LogP) is 4.55. The third-order valence-electron chi connectivity index (χ3n) is 5.56. The van der Waals surface area contributed by atoms with Crippen molar-refractivity contribution < 1.29 is 9.59 Å². The van der Waals surface area contributed by atoms with Crippen molar-refractivity contribution >= 4 is 23.2 Å². The van der Waals surface area contributed by atoms with E-state index in [1.165, 1.54) is 0 Å². The van der Waals surface area contributed by atoms with Crippen LogP contribution in [0.25, 0.3) is 5.69 Å². The number of anilines is 2. The monoisotopic (exact) mass is 476 g/mol. The second-order valence-electron chi connectivity index (χ2n) is 8.29. The molecule has 0 fully saturated rings. The fourth-order valence-corrected chi connectivity index (χ4v) is 3.78. The largest absolute Gasteiger partial charge is 0.323 e. The summed E-state index contributed by atoms with van der Waals surface area (Å²) in [4.78, 5) is 25.2. The summed E-state index contributed by atoms with van der Waals surface area (Å²) >= 11 is 0. The third kappa shape index (κ3) is 5.74. The molecule has 178 valence electrons. The standard InChI is InChI=1S/C28H24N6O2/c35-27(16-21-6-2-1-3-7-21)31-25-18-30-34(20-25)26-9-4-8-23(17-26)28(36)32-24-12-10-22(11-13-24)19-33-15-5-14-29-33/h1-15,17-18,20H,16,19H2,(H,31,35)(H,32,36). The fourth-order valence-electron chi connectivity index (χ4n) is 3.78. The molecule has 5 aromatic rings. The Morgan fingerprint density at radius 1 is 0.778 bits per heavy atom. The Hall–Kier alpha value is -4.98. The summed E-state index contributed by atoms with van der Waals surface area (Å²) in [6, 6.07) is 26.3. The van der Waals surface area contributed by atoms with Crippen LogP contribution in [0.15, 0.2) is 110 Å². The van der Waals surface area contributed by atoms with Crippen molar-refractivity contribution in [2.24, 2.45) is 0 Å². The van der Waals surface area contributed by atoms with Crippen LogP contribution in [-0.4, -0.2) is 31.4 Å². The fraction of sp³-hybridized carbons (Fsp3) is 0.0714. The Morgan fingerprint density at radius 2 is 1.61 bits per heavy atom. The van der Waals surface area contributed by atoms with E-state index < -0.39 is 0 Å². The van der Waals surface area contributed by atoms with Crippen molar-refractivity contribution in [3.05, 3.63) is 126 Å². The van der Waals surface area contributed by atoms with Crippen LogP contribution in [0.2, 0.25) is 0 Å². The minimum atomic E-state index is -0.222. The molecule has 36 heavy (non-hydrogen) atoms. The quantitative estimate of drug-likeness (QED) is 0.344. The molecule has 3 aromatic carbocycles. The molecule has 5 rings (SSSR count). The summed E-state index contributed by atoms with van der Waals surface area (Å²) in [5, 5.41) is 14.3. The molecular weight excluding hydrogens is 452 g/mol. The number of nitrogens with one attached hydrogen (secondary N) is 2. The number of amides is 2. The lowest BCUT2D eigenvalue weighted by molar-refractivity contribution is -0.115. The van der Waals surface area contributed by atoms with E-state index in [1.807, 2.05) is 77.6 Å². The van der Waals surface area contributed by atoms with Gasteiger partial charge in [-0.2, -0.15) is 10.2 Å². The van der Waals surface area contributed by atoms with E-state index in [1.54, 1.807) is 41.5 Å². The molecule has 0 unspecified atom stereocenters. The van der Waals surface area contributed by atoms with Gasteiger partial charge in [0.05, 0.1) is 36.7 Å². The van der Waals surface area contributed by atoms with Crippen molar-refractivity contribution in [1.29, 1.82) is 0 Å². The van der Waals surface area contributed by atoms with Gasteiger partial charge >= 0.3 is 0 Å². The van der Waals surface area contributed by atoms with Crippen LogP contribution in [-0.2, 0) is 17.8 Å². The molecule has 0 spiro atoms. The maximum atomic E-state index is 12.9. The van der Waals surface area contributed by atoms with Gasteiger partial charge in [-0.3, -0.25) is 14.3 Å². The first-order valence-corrected chi connectivity index (χ1v) is 11.5. The highest BCUT2D eigenvalue weighted by atomic mass is 16.2. The number of hydrogen-bond donors (Lipinski definition) is 2. The van der Waals surface area contributed by atoms with Gasteiger partial charge in [0.25, 0.3) is 5.91 Å². The van der Waals surface area contributed by atoms with Crippen molar-refractivity contribution in [1.82, 2.24) is 19.6 Å². The highest BCUT2D eigenvalue weighted by Gasteiger charge is 2.10. The van der Waals surface area contributed by atoms with Crippen LogP contribution in [0.4, 0.5) is 11.4 Å². The maximum Gasteiger partial charge on any atom is 0.255 e. The minimum absolute atomic E-state index is 0.121. The lowest BCUT2D eigenvalue weighted by Gasteiger charge is -2.08. The Kier molecular flexibility index (Phi) is 6.66. The van der Waals surface area contributed by atoms with E-state index in [-0.39, 0.29) is 18.2 Å². The molecule has 2 amide bonds. The number of aromatic nitrogens is 4. The van der Waals surface area contributed by atoms with E-state index in [0.29, 0.717) is 29.2 Å². The van der Waals surface area contributed by atoms with Gasteiger partial charge in [0.2, 0.25) is 5.91 Å². The highest BCUT2D eigenvalue weighted by molar-refractivity contribution is 6.04. The van der Waals surface area contributed by atoms with Gasteiger partial charge in [0.15, 0.2) is 0 Å². The van der Waals surface area contributed by atoms with Crippen LogP contribution in [0.5, 0.6) is 0 Å². The van der Waals surface area contributed by atoms with Gasteiger partial charge in [-0.05, 0) is 47.5 Å². The van der Waals surface area contributed by atoms with E-state index >= 15 is 0 Å². The highest BCUT2D eigenvalue weighted by Crippen LogP contribution is 2.16. The number of carbonyl (C=O) groups is 2. The van der Waals surface area contributed by atoms with Gasteiger partial charge in [-0.15, -0.1) is 0 Å². The lowest BCUT2D eigenvalue weighted by atomic mass is 10.1. The Labute approximate surface area is 208 Å². The van der Waals surface area contributed by atoms with Gasteiger partial charge in [0, 0.05) is 23.6 Å². The zero-order chi connectivity index (χ0) is 24.7. The zero-order valence-corrected chi connectivity index (χ0v) is 19.4. The Bertz CT molecular complexity index is 1460. The molecule has 2 N–H and O–H groups in total. The van der Waals surface area contributed by atoms with E-state index in [0.717, 1.165) is 11.1 Å². The SMILES string of the molecule is O=C(Cc1ccccc1)Nc1cnn(-c2cccc(C(=O)Nc3ccc(Cn4cccn4)cc3)c2)c1. The first kappa shape index (κ1) is 22.8. The third-order valence-corrected chi connectivity index (χ3v) is 5.56. The minimum Gasteiger partial charge on any atom is -0.323 e. The van der Waals surface area contributed by atoms with Crippen molar-refractivity contribution in [2.45, 2.75) is 13.0 Å². The average Bonchev–Trinajstić information content (AvgIpc) is 3.58. The molecule has 0 aliphatic heterocycles. The second kappa shape index (κ2) is 10.5. The van der Waals surface area contributed by atoms with Crippen LogP contribution >= 0.6 is 0 Å². The normalized spacial score (nSPS) is 10.7. The van der Waals surface area contributed by atoms with Gasteiger partial charge in [0.1, 0.15) is 0 Å². The van der Waals surface area contributed by atoms with E-state index in [9.17, 15) is 9.59 Å². The van der Waals surface area contributed by atoms with Crippen LogP contribution in [0.3, 0.4) is 0 Å². The average molecular weight is 477 g/mol. The molecule has 2 aromatic heterocycles. The first-order valence-electron chi connectivity index (χ1n) is 11.5. The maximum absolute atomic E-state index is 12.9. The molecule has 8 heteroatoms. The number of benzene rings is 3. The molecular formula is C28H24N6O2. The van der Waals surface area contributed by atoms with Gasteiger partial charge in [-0.25, -0.2) is 4.68 Å². The molecule has 0 saturated carbocycles. The summed E-state index contributed by atoms with van der Waals surface area (Å²) in [5.41, 5.74) is 4.52. The van der Waals surface area contributed by atoms with Crippen molar-refractivity contribution in [3.8, 4) is 5.69 Å². The Morgan fingerprint density at radius 3 is 2.39 bits per heavy atom. The first-order chi connectivity index (χ1) is 17.6. The van der Waals surface area contributed by atoms with Crippen LogP contribution < -0.4 is 10.6 Å². The number of rotatable bonds is 8. The van der Waals surface area contributed by atoms with Crippen molar-refractivity contribution in [2.75, 3.05) is 10.6 Å². The summed E-state index contributed by atoms with van der Waals surface area (Å²) < 4.78 is 3.47. The number of hydrogen-bond acceptors (Lipinski definition) is 4. The molecule has 0 aliphatic carbocycles. The van der Waals surface area contributed by atoms with Gasteiger partial charge in [-0.1, -0.05) is 48.5 Å². The van der Waals surface area contributed by atoms with Crippen LogP contribution in [0, 0.1) is 0 Å². The van der Waals surface area contributed by atoms with E-state index in [2.05, 4.69) is 20.8 Å². The molecule has 2 heterocycles. The molecule has 0 saturated heterocycles. The number of nitrogens with zero attached hydrogens (tertiary/aromatic N) is 4. The second-order valence-corrected chi connectivity index (χ2v) is 8.29. The summed E-state index contributed by atoms with van der Waals surface area (Å²) in [6.07, 6.45) is 7.24.